The third-order valence-electron chi connectivity index (χ3n) is 12.5. The molecule has 0 radical (unpaired) electrons. The first-order valence-electron chi connectivity index (χ1n) is 22.2. The number of benzene rings is 6. The van der Waals surface area contributed by atoms with Gasteiger partial charge < -0.3 is 81.7 Å². The van der Waals surface area contributed by atoms with Crippen molar-refractivity contribution in [2.45, 2.75) is 77.0 Å². The Kier molecular flexibility index (Phi) is 16.0. The SMILES string of the molecule is OCCC[C@H](Cc1cc(CCc2cc(O)c(O)c(O)c2)c(O)c(CCc2cc(O)c(O)c(O)c2)c1)[C@H](CO)Cc1cc(CCc2cc(O)c(O)c(O)c2)c(O)c(CCc2cc(O)c(O)c(O)c2)c1. The fraction of sp³-hybridized carbons (Fsp3) is 0.308. The van der Waals surface area contributed by atoms with Gasteiger partial charge in [-0.25, -0.2) is 0 Å². The number of phenols is 14. The Morgan fingerprint density at radius 3 is 0.765 bits per heavy atom. The molecule has 0 heterocycles. The molecule has 6 aromatic carbocycles. The van der Waals surface area contributed by atoms with E-state index in [0.717, 1.165) is 11.1 Å². The van der Waals surface area contributed by atoms with Crippen molar-refractivity contribution in [2.24, 2.45) is 11.8 Å². The van der Waals surface area contributed by atoms with E-state index in [0.29, 0.717) is 70.2 Å². The van der Waals surface area contributed by atoms with Crippen LogP contribution in [0.4, 0.5) is 0 Å². The summed E-state index contributed by atoms with van der Waals surface area (Å²) in [6.45, 7) is -0.406. The van der Waals surface area contributed by atoms with Gasteiger partial charge in [-0.3, -0.25) is 0 Å². The van der Waals surface area contributed by atoms with Crippen LogP contribution in [-0.2, 0) is 64.2 Å². The lowest BCUT2D eigenvalue weighted by molar-refractivity contribution is 0.158. The quantitative estimate of drug-likeness (QED) is 0.0343. The fourth-order valence-electron chi connectivity index (χ4n) is 8.84. The van der Waals surface area contributed by atoms with E-state index in [1.807, 2.05) is 12.1 Å². The molecule has 16 N–H and O–H groups in total. The Morgan fingerprint density at radius 2 is 0.529 bits per heavy atom. The molecule has 16 nitrogen and oxygen atoms in total. The maximum atomic E-state index is 11.6. The molecule has 6 rings (SSSR count). The highest BCUT2D eigenvalue weighted by atomic mass is 16.3. The van der Waals surface area contributed by atoms with Crippen molar-refractivity contribution in [3.05, 3.63) is 128 Å². The zero-order valence-electron chi connectivity index (χ0n) is 37.1. The lowest BCUT2D eigenvalue weighted by Crippen LogP contribution is -2.24. The average molecular weight is 939 g/mol. The van der Waals surface area contributed by atoms with Gasteiger partial charge in [0.15, 0.2) is 69.0 Å². The minimum atomic E-state index is -0.662. The van der Waals surface area contributed by atoms with Gasteiger partial charge >= 0.3 is 0 Å². The summed E-state index contributed by atoms with van der Waals surface area (Å²) < 4.78 is 0. The second-order valence-electron chi connectivity index (χ2n) is 17.4. The van der Waals surface area contributed by atoms with Gasteiger partial charge in [0.05, 0.1) is 0 Å². The van der Waals surface area contributed by atoms with Crippen LogP contribution >= 0.6 is 0 Å². The molecule has 0 saturated carbocycles. The fourth-order valence-corrected chi connectivity index (χ4v) is 8.84. The average Bonchev–Trinajstić information content (AvgIpc) is 3.30. The van der Waals surface area contributed by atoms with Crippen LogP contribution in [0.15, 0.2) is 72.8 Å². The molecule has 0 aliphatic carbocycles. The van der Waals surface area contributed by atoms with Gasteiger partial charge in [-0.15, -0.1) is 0 Å². The Bertz CT molecular complexity index is 2490. The summed E-state index contributed by atoms with van der Waals surface area (Å²) in [7, 11) is 0. The first-order valence-corrected chi connectivity index (χ1v) is 22.2. The minimum Gasteiger partial charge on any atom is -0.507 e. The smallest absolute Gasteiger partial charge is 0.200 e. The Balaban J connectivity index is 1.33. The van der Waals surface area contributed by atoms with Crippen LogP contribution in [0.3, 0.4) is 0 Å². The zero-order valence-corrected chi connectivity index (χ0v) is 37.1. The number of aryl methyl sites for hydroxylation is 8. The van der Waals surface area contributed by atoms with Crippen molar-refractivity contribution in [1.82, 2.24) is 0 Å². The lowest BCUT2D eigenvalue weighted by Gasteiger charge is -2.27. The van der Waals surface area contributed by atoms with E-state index >= 15 is 0 Å². The number of aromatic hydroxyl groups is 14. The normalized spacial score (nSPS) is 12.3. The second kappa shape index (κ2) is 21.8. The largest absolute Gasteiger partial charge is 0.507 e. The molecule has 0 aromatic heterocycles. The molecule has 68 heavy (non-hydrogen) atoms. The topological polar surface area (TPSA) is 324 Å². The maximum Gasteiger partial charge on any atom is 0.200 e. The Hall–Kier alpha value is -7.56. The van der Waals surface area contributed by atoms with Crippen LogP contribution in [0.2, 0.25) is 0 Å². The van der Waals surface area contributed by atoms with Crippen LogP contribution in [0, 0.1) is 11.8 Å². The predicted molar refractivity (Wildman–Crippen MR) is 249 cm³/mol. The maximum absolute atomic E-state index is 11.6. The van der Waals surface area contributed by atoms with Crippen LogP contribution < -0.4 is 0 Å². The first kappa shape index (κ1) is 49.9. The summed E-state index contributed by atoms with van der Waals surface area (Å²) in [4.78, 5) is 0. The van der Waals surface area contributed by atoms with Gasteiger partial charge in [0.2, 0.25) is 0 Å². The van der Waals surface area contributed by atoms with Gasteiger partial charge in [-0.05, 0) is 193 Å². The summed E-state index contributed by atoms with van der Waals surface area (Å²) in [5.41, 5.74) is 5.45. The second-order valence-corrected chi connectivity index (χ2v) is 17.4. The van der Waals surface area contributed by atoms with Crippen molar-refractivity contribution < 1.29 is 81.7 Å². The molecule has 0 amide bonds. The zero-order chi connectivity index (χ0) is 49.4. The van der Waals surface area contributed by atoms with Crippen molar-refractivity contribution in [2.75, 3.05) is 13.2 Å². The van der Waals surface area contributed by atoms with Crippen LogP contribution in [0.1, 0.15) is 68.5 Å². The van der Waals surface area contributed by atoms with E-state index in [1.165, 1.54) is 48.5 Å². The standard InChI is InChI=1S/C52H58O16/c53-11-1-2-33(12-31-13-34(7-3-27-18-39(55)49(65)40(56)19-27)47(63)35(14-31)8-4-28-20-41(57)50(66)42(58)21-28)38(26-54)17-32-15-36(9-5-29-22-43(59)51(67)44(60)23-29)48(64)37(16-32)10-6-30-24-45(61)52(68)46(62)25-30/h13-16,18-25,33,38,53-68H,1-12,17,26H2/t33-,38+/m1/s1. The third-order valence-corrected chi connectivity index (χ3v) is 12.5. The highest BCUT2D eigenvalue weighted by molar-refractivity contribution is 5.55. The molecule has 6 aromatic rings. The number of phenolic OH excluding ortho intramolecular Hbond substituents is 14. The van der Waals surface area contributed by atoms with Gasteiger partial charge in [0, 0.05) is 13.2 Å². The van der Waals surface area contributed by atoms with Crippen molar-refractivity contribution in [3.8, 4) is 80.5 Å². The number of aliphatic hydroxyl groups is 2. The molecule has 2 atom stereocenters. The highest BCUT2D eigenvalue weighted by Gasteiger charge is 2.25. The van der Waals surface area contributed by atoms with Crippen LogP contribution in [0.5, 0.6) is 80.5 Å². The molecular formula is C52H58O16. The van der Waals surface area contributed by atoms with Gasteiger partial charge in [-0.1, -0.05) is 24.3 Å². The molecule has 16 heteroatoms. The summed E-state index contributed by atoms with van der Waals surface area (Å²) in [6, 6.07) is 17.7. The van der Waals surface area contributed by atoms with E-state index in [1.54, 1.807) is 12.1 Å². The summed E-state index contributed by atoms with van der Waals surface area (Å²) in [5, 5.41) is 165. The van der Waals surface area contributed by atoms with Gasteiger partial charge in [-0.2, -0.15) is 0 Å². The molecule has 0 fully saturated rings. The van der Waals surface area contributed by atoms with E-state index in [-0.39, 0.29) is 82.0 Å². The molecule has 0 aliphatic rings. The van der Waals surface area contributed by atoms with Crippen molar-refractivity contribution in [3.63, 3.8) is 0 Å². The first-order chi connectivity index (χ1) is 32.3. The monoisotopic (exact) mass is 938 g/mol. The molecule has 0 spiro atoms. The Labute approximate surface area is 391 Å². The summed E-state index contributed by atoms with van der Waals surface area (Å²) in [5.74, 6) is -7.48. The minimum absolute atomic E-state index is 0.0292. The van der Waals surface area contributed by atoms with Gasteiger partial charge in [0.25, 0.3) is 0 Å². The van der Waals surface area contributed by atoms with E-state index in [9.17, 15) is 81.7 Å². The van der Waals surface area contributed by atoms with Crippen LogP contribution in [0.25, 0.3) is 0 Å². The molecule has 0 aliphatic heterocycles. The van der Waals surface area contributed by atoms with E-state index in [2.05, 4.69) is 0 Å². The lowest BCUT2D eigenvalue weighted by atomic mass is 9.79. The predicted octanol–water partition coefficient (Wildman–Crippen LogP) is 6.49. The summed E-state index contributed by atoms with van der Waals surface area (Å²) in [6.07, 6.45) is 3.38. The molecule has 0 bridgehead atoms. The van der Waals surface area contributed by atoms with E-state index < -0.39 is 74.9 Å². The Morgan fingerprint density at radius 1 is 0.279 bits per heavy atom. The van der Waals surface area contributed by atoms with Crippen molar-refractivity contribution >= 4 is 0 Å². The molecule has 0 saturated heterocycles. The molecule has 0 unspecified atom stereocenters. The number of hydrogen-bond acceptors (Lipinski definition) is 16. The third kappa shape index (κ3) is 12.1. The molecular weight excluding hydrogens is 881 g/mol. The van der Waals surface area contributed by atoms with Crippen molar-refractivity contribution in [1.29, 1.82) is 0 Å². The number of hydrogen-bond donors (Lipinski definition) is 16. The number of rotatable bonds is 21. The summed E-state index contributed by atoms with van der Waals surface area (Å²) >= 11 is 0. The van der Waals surface area contributed by atoms with E-state index in [4.69, 9.17) is 0 Å². The number of aliphatic hydroxyl groups excluding tert-OH is 2. The van der Waals surface area contributed by atoms with Crippen LogP contribution in [-0.4, -0.2) is 94.9 Å². The molecule has 362 valence electrons. The van der Waals surface area contributed by atoms with Gasteiger partial charge in [0.1, 0.15) is 11.5 Å². The highest BCUT2D eigenvalue weighted by Crippen LogP contribution is 2.41.